The van der Waals surface area contributed by atoms with Crippen molar-refractivity contribution >= 4 is 28.9 Å². The Morgan fingerprint density at radius 3 is 2.52 bits per heavy atom. The van der Waals surface area contributed by atoms with Gasteiger partial charge in [0.15, 0.2) is 5.17 Å². The molecule has 1 heterocycles. The number of likely N-dealkylation sites (tertiary alicyclic amines) is 1. The minimum absolute atomic E-state index is 0.0763. The van der Waals surface area contributed by atoms with Gasteiger partial charge in [0.25, 0.3) is 0 Å². The Labute approximate surface area is 140 Å². The Bertz CT molecular complexity index is 486. The molecule has 2 atom stereocenters. The van der Waals surface area contributed by atoms with Gasteiger partial charge in [0.05, 0.1) is 12.5 Å². The van der Waals surface area contributed by atoms with E-state index < -0.39 is 23.6 Å². The molecule has 7 heteroatoms. The molecular formula is C16H24N2O4S. The van der Waals surface area contributed by atoms with Crippen LogP contribution in [0.2, 0.25) is 0 Å². The molecule has 2 N–H and O–H groups in total. The first-order valence-corrected chi connectivity index (χ1v) is 9.05. The number of nitrogens with zero attached hydrogens (tertiary/aromatic N) is 2. The fourth-order valence-corrected chi connectivity index (χ4v) is 3.89. The lowest BCUT2D eigenvalue weighted by Crippen LogP contribution is -2.37. The number of rotatable bonds is 5. The third-order valence-electron chi connectivity index (χ3n) is 4.01. The van der Waals surface area contributed by atoms with Gasteiger partial charge >= 0.3 is 11.9 Å². The van der Waals surface area contributed by atoms with E-state index in [9.17, 15) is 14.7 Å². The number of allylic oxidation sites excluding steroid dienone is 1. The summed E-state index contributed by atoms with van der Waals surface area (Å²) >= 11 is 1.09. The van der Waals surface area contributed by atoms with Crippen LogP contribution in [0, 0.1) is 0 Å². The maximum Gasteiger partial charge on any atom is 0.317 e. The van der Waals surface area contributed by atoms with E-state index in [-0.39, 0.29) is 6.04 Å². The molecule has 0 saturated carbocycles. The molecule has 23 heavy (non-hydrogen) atoms. The van der Waals surface area contributed by atoms with Crippen molar-refractivity contribution in [2.24, 2.45) is 4.99 Å². The normalized spacial score (nSPS) is 23.6. The van der Waals surface area contributed by atoms with Gasteiger partial charge in [-0.15, -0.1) is 0 Å². The van der Waals surface area contributed by atoms with Crippen molar-refractivity contribution in [1.29, 1.82) is 0 Å². The molecular weight excluding hydrogens is 316 g/mol. The highest BCUT2D eigenvalue weighted by Crippen LogP contribution is 2.25. The monoisotopic (exact) mass is 340 g/mol. The maximum atomic E-state index is 11.4. The van der Waals surface area contributed by atoms with Crippen molar-refractivity contribution in [3.8, 4) is 0 Å². The fourth-order valence-electron chi connectivity index (χ4n) is 2.78. The molecule has 2 rings (SSSR count). The summed E-state index contributed by atoms with van der Waals surface area (Å²) in [4.78, 5) is 29.2. The molecule has 0 aromatic carbocycles. The largest absolute Gasteiger partial charge is 0.481 e. The summed E-state index contributed by atoms with van der Waals surface area (Å²) in [6, 6.07) is 0.0763. The van der Waals surface area contributed by atoms with Crippen LogP contribution in [0.5, 0.6) is 0 Å². The summed E-state index contributed by atoms with van der Waals surface area (Å²) in [5.74, 6) is -2.19. The van der Waals surface area contributed by atoms with E-state index in [2.05, 4.69) is 17.1 Å². The second kappa shape index (κ2) is 8.96. The number of amidine groups is 1. The van der Waals surface area contributed by atoms with E-state index in [4.69, 9.17) is 10.1 Å². The van der Waals surface area contributed by atoms with Gasteiger partial charge in [0, 0.05) is 13.1 Å². The molecule has 0 aromatic rings. The molecule has 2 aliphatic rings. The van der Waals surface area contributed by atoms with Crippen LogP contribution in [0.3, 0.4) is 0 Å². The number of aliphatic carboxylic acids is 2. The van der Waals surface area contributed by atoms with Crippen LogP contribution in [0.4, 0.5) is 0 Å². The average molecular weight is 340 g/mol. The molecule has 0 radical (unpaired) electrons. The van der Waals surface area contributed by atoms with Gasteiger partial charge in [-0.1, -0.05) is 23.9 Å². The van der Waals surface area contributed by atoms with Gasteiger partial charge in [-0.2, -0.15) is 0 Å². The Hall–Kier alpha value is -1.50. The second-order valence-electron chi connectivity index (χ2n) is 5.93. The Balaban J connectivity index is 2.15. The van der Waals surface area contributed by atoms with E-state index in [1.54, 1.807) is 0 Å². The van der Waals surface area contributed by atoms with Crippen LogP contribution in [0.15, 0.2) is 17.1 Å². The van der Waals surface area contributed by atoms with Crippen LogP contribution in [0.1, 0.15) is 44.9 Å². The number of piperidine rings is 1. The quantitative estimate of drug-likeness (QED) is 0.454. The van der Waals surface area contributed by atoms with Gasteiger partial charge in [-0.25, -0.2) is 0 Å². The number of aliphatic imine (C=N–C) groups is 1. The molecule has 1 aliphatic heterocycles. The average Bonchev–Trinajstić information content (AvgIpc) is 2.54. The van der Waals surface area contributed by atoms with Gasteiger partial charge in [-0.3, -0.25) is 14.6 Å². The molecule has 0 bridgehead atoms. The molecule has 0 amide bonds. The molecule has 0 aromatic heterocycles. The summed E-state index contributed by atoms with van der Waals surface area (Å²) in [5.41, 5.74) is 0. The Kier molecular flexibility index (Phi) is 6.95. The molecule has 1 aliphatic carbocycles. The predicted molar refractivity (Wildman–Crippen MR) is 90.9 cm³/mol. The zero-order chi connectivity index (χ0) is 16.7. The number of carboxylic acids is 2. The van der Waals surface area contributed by atoms with Crippen LogP contribution in [0.25, 0.3) is 0 Å². The molecule has 1 saturated heterocycles. The zero-order valence-corrected chi connectivity index (χ0v) is 14.0. The van der Waals surface area contributed by atoms with Gasteiger partial charge in [0.1, 0.15) is 5.25 Å². The van der Waals surface area contributed by atoms with Crippen molar-refractivity contribution in [1.82, 2.24) is 4.90 Å². The Morgan fingerprint density at radius 2 is 1.96 bits per heavy atom. The zero-order valence-electron chi connectivity index (χ0n) is 13.2. The first-order chi connectivity index (χ1) is 11.1. The highest BCUT2D eigenvalue weighted by molar-refractivity contribution is 8.14. The number of hydrogen-bond donors (Lipinski definition) is 2. The van der Waals surface area contributed by atoms with Crippen LogP contribution >= 0.6 is 11.8 Å². The summed E-state index contributed by atoms with van der Waals surface area (Å²) < 4.78 is 0. The summed E-state index contributed by atoms with van der Waals surface area (Å²) in [5, 5.41) is 17.9. The lowest BCUT2D eigenvalue weighted by atomic mass is 10.0. The third kappa shape index (κ3) is 5.89. The van der Waals surface area contributed by atoms with E-state index >= 15 is 0 Å². The van der Waals surface area contributed by atoms with Crippen LogP contribution in [-0.4, -0.2) is 56.6 Å². The SMILES string of the molecule is O=C(O)C[C@@H](SC(=N[C@@H]1C=CCCC1)N1CCCCC1)C(=O)O. The highest BCUT2D eigenvalue weighted by atomic mass is 32.2. The van der Waals surface area contributed by atoms with E-state index in [0.717, 1.165) is 57.0 Å². The fraction of sp³-hybridized carbons (Fsp3) is 0.688. The van der Waals surface area contributed by atoms with Gasteiger partial charge < -0.3 is 15.1 Å². The van der Waals surface area contributed by atoms with Crippen molar-refractivity contribution in [2.75, 3.05) is 13.1 Å². The molecule has 128 valence electrons. The molecule has 6 nitrogen and oxygen atoms in total. The number of hydrogen-bond acceptors (Lipinski definition) is 4. The minimum Gasteiger partial charge on any atom is -0.481 e. The lowest BCUT2D eigenvalue weighted by molar-refractivity contribution is -0.142. The van der Waals surface area contributed by atoms with E-state index in [0.29, 0.717) is 5.17 Å². The van der Waals surface area contributed by atoms with Crippen LogP contribution in [-0.2, 0) is 9.59 Å². The topological polar surface area (TPSA) is 90.2 Å². The van der Waals surface area contributed by atoms with Gasteiger partial charge in [0.2, 0.25) is 0 Å². The van der Waals surface area contributed by atoms with Crippen LogP contribution < -0.4 is 0 Å². The standard InChI is InChI=1S/C16H24N2O4S/c19-14(20)11-13(15(21)22)23-16(18-9-5-2-6-10-18)17-12-7-3-1-4-8-12/h3,7,12-13H,1-2,4-6,8-11H2,(H,19,20)(H,21,22)/t12-,13-/m1/s1. The lowest BCUT2D eigenvalue weighted by Gasteiger charge is -2.31. The predicted octanol–water partition coefficient (Wildman–Crippen LogP) is 2.60. The third-order valence-corrected chi connectivity index (χ3v) is 5.24. The first-order valence-electron chi connectivity index (χ1n) is 8.17. The number of carboxylic acid groups (broad SMARTS) is 2. The number of thioether (sulfide) groups is 1. The molecule has 1 fully saturated rings. The Morgan fingerprint density at radius 1 is 1.22 bits per heavy atom. The van der Waals surface area contributed by atoms with Gasteiger partial charge in [-0.05, 0) is 38.5 Å². The molecule has 0 spiro atoms. The maximum absolute atomic E-state index is 11.4. The van der Waals surface area contributed by atoms with E-state index in [1.165, 1.54) is 6.42 Å². The van der Waals surface area contributed by atoms with Crippen molar-refractivity contribution < 1.29 is 19.8 Å². The van der Waals surface area contributed by atoms with Crippen molar-refractivity contribution in [3.63, 3.8) is 0 Å². The van der Waals surface area contributed by atoms with Crippen molar-refractivity contribution in [2.45, 2.75) is 56.2 Å². The summed E-state index contributed by atoms with van der Waals surface area (Å²) in [7, 11) is 0. The van der Waals surface area contributed by atoms with Crippen molar-refractivity contribution in [3.05, 3.63) is 12.2 Å². The first kappa shape index (κ1) is 17.8. The highest BCUT2D eigenvalue weighted by Gasteiger charge is 2.27. The smallest absolute Gasteiger partial charge is 0.317 e. The minimum atomic E-state index is -1.10. The summed E-state index contributed by atoms with van der Waals surface area (Å²) in [6.45, 7) is 1.73. The van der Waals surface area contributed by atoms with E-state index in [1.807, 2.05) is 0 Å². The molecule has 0 unspecified atom stereocenters. The second-order valence-corrected chi connectivity index (χ2v) is 7.10. The summed E-state index contributed by atoms with van der Waals surface area (Å²) in [6.07, 6.45) is 10.2. The number of carbonyl (C=O) groups is 2.